The number of aromatic nitrogens is 1. The fourth-order valence-corrected chi connectivity index (χ4v) is 2.56. The number of carbonyl (C=O) groups is 2. The van der Waals surface area contributed by atoms with Gasteiger partial charge in [0, 0.05) is 12.2 Å². The van der Waals surface area contributed by atoms with Crippen LogP contribution < -0.4 is 10.6 Å². The molecule has 1 heterocycles. The molecule has 21 heavy (non-hydrogen) atoms. The van der Waals surface area contributed by atoms with Crippen LogP contribution in [-0.2, 0) is 0 Å². The highest BCUT2D eigenvalue weighted by Gasteiger charge is 2.27. The SMILES string of the molecule is CC1(C)CCC(NC(=O)Nc2cccnc2C(=O)O)CC1. The molecule has 6 heteroatoms. The molecule has 1 aliphatic carbocycles. The first-order valence-electron chi connectivity index (χ1n) is 7.13. The Morgan fingerprint density at radius 2 is 2.00 bits per heavy atom. The molecule has 2 amide bonds. The predicted octanol–water partition coefficient (Wildman–Crippen LogP) is 2.87. The maximum atomic E-state index is 12.0. The molecule has 0 saturated heterocycles. The van der Waals surface area contributed by atoms with Crippen LogP contribution >= 0.6 is 0 Å². The maximum Gasteiger partial charge on any atom is 0.356 e. The third-order valence-corrected chi connectivity index (χ3v) is 3.93. The monoisotopic (exact) mass is 291 g/mol. The number of anilines is 1. The summed E-state index contributed by atoms with van der Waals surface area (Å²) < 4.78 is 0. The molecule has 0 unspecified atom stereocenters. The van der Waals surface area contributed by atoms with E-state index in [2.05, 4.69) is 29.5 Å². The fraction of sp³-hybridized carbons (Fsp3) is 0.533. The van der Waals surface area contributed by atoms with Gasteiger partial charge in [0.25, 0.3) is 0 Å². The molecular formula is C15H21N3O3. The van der Waals surface area contributed by atoms with Gasteiger partial charge in [0.1, 0.15) is 0 Å². The predicted molar refractivity (Wildman–Crippen MR) is 79.4 cm³/mol. The average molecular weight is 291 g/mol. The van der Waals surface area contributed by atoms with Crippen LogP contribution in [0.5, 0.6) is 0 Å². The van der Waals surface area contributed by atoms with E-state index in [1.54, 1.807) is 6.07 Å². The topological polar surface area (TPSA) is 91.3 Å². The zero-order valence-electron chi connectivity index (χ0n) is 12.3. The smallest absolute Gasteiger partial charge is 0.356 e. The van der Waals surface area contributed by atoms with Crippen LogP contribution in [0.25, 0.3) is 0 Å². The molecule has 1 aromatic heterocycles. The van der Waals surface area contributed by atoms with Crippen molar-refractivity contribution >= 4 is 17.7 Å². The van der Waals surface area contributed by atoms with E-state index in [0.717, 1.165) is 25.7 Å². The second kappa shape index (κ2) is 6.11. The average Bonchev–Trinajstić information content (AvgIpc) is 2.41. The van der Waals surface area contributed by atoms with E-state index in [1.807, 2.05) is 0 Å². The maximum absolute atomic E-state index is 12.0. The van der Waals surface area contributed by atoms with Gasteiger partial charge in [0.15, 0.2) is 5.69 Å². The van der Waals surface area contributed by atoms with Crippen molar-refractivity contribution in [1.82, 2.24) is 10.3 Å². The lowest BCUT2D eigenvalue weighted by Crippen LogP contribution is -2.41. The number of hydrogen-bond donors (Lipinski definition) is 3. The Morgan fingerprint density at radius 1 is 1.33 bits per heavy atom. The molecule has 114 valence electrons. The highest BCUT2D eigenvalue weighted by Crippen LogP contribution is 2.34. The molecular weight excluding hydrogens is 270 g/mol. The van der Waals surface area contributed by atoms with Gasteiger partial charge >= 0.3 is 12.0 Å². The van der Waals surface area contributed by atoms with Gasteiger partial charge in [-0.25, -0.2) is 14.6 Å². The fourth-order valence-electron chi connectivity index (χ4n) is 2.56. The molecule has 0 spiro atoms. The Balaban J connectivity index is 1.92. The molecule has 0 radical (unpaired) electrons. The molecule has 0 aliphatic heterocycles. The number of hydrogen-bond acceptors (Lipinski definition) is 3. The van der Waals surface area contributed by atoms with E-state index in [4.69, 9.17) is 5.11 Å². The van der Waals surface area contributed by atoms with E-state index in [0.29, 0.717) is 5.41 Å². The van der Waals surface area contributed by atoms with Gasteiger partial charge in [-0.3, -0.25) is 0 Å². The van der Waals surface area contributed by atoms with Gasteiger partial charge in [0.2, 0.25) is 0 Å². The lowest BCUT2D eigenvalue weighted by Gasteiger charge is -2.34. The first kappa shape index (κ1) is 15.3. The number of amides is 2. The minimum atomic E-state index is -1.16. The van der Waals surface area contributed by atoms with Gasteiger partial charge in [0.05, 0.1) is 5.69 Å². The summed E-state index contributed by atoms with van der Waals surface area (Å²) in [7, 11) is 0. The second-order valence-electron chi connectivity index (χ2n) is 6.24. The number of carboxylic acids is 1. The minimum Gasteiger partial charge on any atom is -0.476 e. The Bertz CT molecular complexity index is 533. The Morgan fingerprint density at radius 3 is 2.62 bits per heavy atom. The zero-order valence-corrected chi connectivity index (χ0v) is 12.3. The van der Waals surface area contributed by atoms with E-state index in [-0.39, 0.29) is 23.5 Å². The molecule has 6 nitrogen and oxygen atoms in total. The summed E-state index contributed by atoms with van der Waals surface area (Å²) in [5, 5.41) is 14.5. The van der Waals surface area contributed by atoms with Crippen LogP contribution in [0, 0.1) is 5.41 Å². The largest absolute Gasteiger partial charge is 0.476 e. The summed E-state index contributed by atoms with van der Waals surface area (Å²) >= 11 is 0. The molecule has 3 N–H and O–H groups in total. The summed E-state index contributed by atoms with van der Waals surface area (Å²) in [4.78, 5) is 26.8. The van der Waals surface area contributed by atoms with Crippen LogP contribution in [0.15, 0.2) is 18.3 Å². The van der Waals surface area contributed by atoms with Crippen molar-refractivity contribution in [2.75, 3.05) is 5.32 Å². The summed E-state index contributed by atoms with van der Waals surface area (Å²) in [5.74, 6) is -1.16. The number of urea groups is 1. The van der Waals surface area contributed by atoms with Crippen LogP contribution in [0.3, 0.4) is 0 Å². The molecule has 1 aliphatic rings. The van der Waals surface area contributed by atoms with Gasteiger partial charge in [-0.2, -0.15) is 0 Å². The van der Waals surface area contributed by atoms with Gasteiger partial charge in [-0.15, -0.1) is 0 Å². The highest BCUT2D eigenvalue weighted by molar-refractivity contribution is 5.98. The first-order valence-corrected chi connectivity index (χ1v) is 7.13. The Kier molecular flexibility index (Phi) is 4.45. The number of nitrogens with one attached hydrogen (secondary N) is 2. The molecule has 1 saturated carbocycles. The highest BCUT2D eigenvalue weighted by atomic mass is 16.4. The number of carboxylic acid groups (broad SMARTS) is 1. The zero-order chi connectivity index (χ0) is 15.5. The lowest BCUT2D eigenvalue weighted by molar-refractivity contribution is 0.0691. The number of carbonyl (C=O) groups excluding carboxylic acids is 1. The summed E-state index contributed by atoms with van der Waals surface area (Å²) in [5.41, 5.74) is 0.394. The van der Waals surface area contributed by atoms with E-state index < -0.39 is 5.97 Å². The van der Waals surface area contributed by atoms with Crippen molar-refractivity contribution in [3.05, 3.63) is 24.0 Å². The summed E-state index contributed by atoms with van der Waals surface area (Å²) in [6.07, 6.45) is 5.42. The van der Waals surface area contributed by atoms with Crippen LogP contribution in [0.4, 0.5) is 10.5 Å². The molecule has 1 fully saturated rings. The van der Waals surface area contributed by atoms with Gasteiger partial charge in [-0.1, -0.05) is 13.8 Å². The standard InChI is InChI=1S/C15H21N3O3/c1-15(2)7-5-10(6-8-15)17-14(21)18-11-4-3-9-16-12(11)13(19)20/h3-4,9-10H,5-8H2,1-2H3,(H,19,20)(H2,17,18,21). The third-order valence-electron chi connectivity index (χ3n) is 3.93. The van der Waals surface area contributed by atoms with Crippen molar-refractivity contribution < 1.29 is 14.7 Å². The molecule has 0 atom stereocenters. The quantitative estimate of drug-likeness (QED) is 0.798. The van der Waals surface area contributed by atoms with Crippen molar-refractivity contribution in [2.24, 2.45) is 5.41 Å². The Hall–Kier alpha value is -2.11. The number of nitrogens with zero attached hydrogens (tertiary/aromatic N) is 1. The van der Waals surface area contributed by atoms with E-state index in [1.165, 1.54) is 12.3 Å². The van der Waals surface area contributed by atoms with Gasteiger partial charge < -0.3 is 15.7 Å². The van der Waals surface area contributed by atoms with Crippen molar-refractivity contribution in [2.45, 2.75) is 45.6 Å². The number of aromatic carboxylic acids is 1. The molecule has 0 aromatic carbocycles. The normalized spacial score (nSPS) is 18.0. The van der Waals surface area contributed by atoms with Gasteiger partial charge in [-0.05, 0) is 43.2 Å². The third kappa shape index (κ3) is 4.18. The van der Waals surface area contributed by atoms with E-state index >= 15 is 0 Å². The van der Waals surface area contributed by atoms with Crippen LogP contribution in [0.2, 0.25) is 0 Å². The second-order valence-corrected chi connectivity index (χ2v) is 6.24. The van der Waals surface area contributed by atoms with Crippen molar-refractivity contribution in [1.29, 1.82) is 0 Å². The first-order chi connectivity index (χ1) is 9.87. The van der Waals surface area contributed by atoms with Crippen LogP contribution in [-0.4, -0.2) is 28.1 Å². The van der Waals surface area contributed by atoms with Crippen LogP contribution in [0.1, 0.15) is 50.0 Å². The minimum absolute atomic E-state index is 0.142. The lowest BCUT2D eigenvalue weighted by atomic mass is 9.76. The summed E-state index contributed by atoms with van der Waals surface area (Å²) in [6, 6.07) is 2.88. The van der Waals surface area contributed by atoms with Crippen molar-refractivity contribution in [3.63, 3.8) is 0 Å². The number of rotatable bonds is 3. The molecule has 1 aromatic rings. The number of pyridine rings is 1. The van der Waals surface area contributed by atoms with Crippen molar-refractivity contribution in [3.8, 4) is 0 Å². The Labute approximate surface area is 124 Å². The summed E-state index contributed by atoms with van der Waals surface area (Å²) in [6.45, 7) is 4.47. The molecule has 0 bridgehead atoms. The molecule has 2 rings (SSSR count). The van der Waals surface area contributed by atoms with E-state index in [9.17, 15) is 9.59 Å².